The van der Waals surface area contributed by atoms with E-state index in [9.17, 15) is 8.42 Å². The Bertz CT molecular complexity index is 528. The molecule has 4 nitrogen and oxygen atoms in total. The minimum absolute atomic E-state index is 0. The van der Waals surface area contributed by atoms with Crippen LogP contribution in [0, 0.1) is 7.43 Å². The summed E-state index contributed by atoms with van der Waals surface area (Å²) in [6.45, 7) is 0. The molecule has 2 N–H and O–H groups in total. The number of benzene rings is 1. The van der Waals surface area contributed by atoms with E-state index in [1.165, 1.54) is 0 Å². The van der Waals surface area contributed by atoms with Gasteiger partial charge in [0.05, 0.1) is 4.99 Å². The van der Waals surface area contributed by atoms with E-state index in [1.807, 2.05) is 6.07 Å². The maximum atomic E-state index is 10.7. The fourth-order valence-electron chi connectivity index (χ4n) is 1.56. The molecule has 17 heavy (non-hydrogen) atoms. The molecule has 1 heterocycles. The first-order chi connectivity index (χ1) is 6.94. The Labute approximate surface area is 122 Å². The molecular formula is C10H12AgNO3S2. The van der Waals surface area contributed by atoms with Crippen LogP contribution in [0.2, 0.25) is 0 Å². The second-order valence-corrected chi connectivity index (χ2v) is 5.39. The van der Waals surface area contributed by atoms with Gasteiger partial charge < -0.3 is 12.7 Å². The summed E-state index contributed by atoms with van der Waals surface area (Å²) in [4.78, 5) is 0.731. The van der Waals surface area contributed by atoms with Crippen molar-refractivity contribution in [1.29, 1.82) is 0 Å². The van der Waals surface area contributed by atoms with E-state index in [-0.39, 0.29) is 35.6 Å². The summed E-state index contributed by atoms with van der Waals surface area (Å²) in [5.41, 5.74) is 2.44. The number of hydrogen-bond acceptors (Lipinski definition) is 3. The topological polar surface area (TPSA) is 66.4 Å². The third kappa shape index (κ3) is 4.50. The molecule has 1 aromatic rings. The van der Waals surface area contributed by atoms with Crippen LogP contribution in [-0.2, 0) is 44.7 Å². The number of nitrogens with one attached hydrogen (secondary N) is 1. The van der Waals surface area contributed by atoms with Crippen molar-refractivity contribution < 1.29 is 35.4 Å². The zero-order chi connectivity index (χ0) is 11.1. The summed E-state index contributed by atoms with van der Waals surface area (Å²) in [7, 11) is -3.97. The molecule has 1 aliphatic heterocycles. The van der Waals surface area contributed by atoms with Crippen molar-refractivity contribution in [2.24, 2.45) is 0 Å². The van der Waals surface area contributed by atoms with E-state index in [0.29, 0.717) is 12.0 Å². The van der Waals surface area contributed by atoms with Gasteiger partial charge in [0.25, 0.3) is 10.1 Å². The molecular weight excluding hydrogens is 354 g/mol. The van der Waals surface area contributed by atoms with Crippen LogP contribution in [0.25, 0.3) is 0 Å². The van der Waals surface area contributed by atoms with Crippen molar-refractivity contribution in [1.82, 2.24) is 0 Å². The first-order valence-corrected chi connectivity index (χ1v) is 6.32. The third-order valence-electron chi connectivity index (χ3n) is 2.15. The molecule has 98 valence electrons. The van der Waals surface area contributed by atoms with Gasteiger partial charge in [-0.3, -0.25) is 4.55 Å². The average molecular weight is 366 g/mol. The van der Waals surface area contributed by atoms with Gasteiger partial charge >= 0.3 is 22.4 Å². The van der Waals surface area contributed by atoms with Gasteiger partial charge in [0.2, 0.25) is 0 Å². The summed E-state index contributed by atoms with van der Waals surface area (Å²) in [5, 5.41) is 2.98. The number of hydrogen-bond donors (Lipinski definition) is 2. The zero-order valence-electron chi connectivity index (χ0n) is 9.03. The van der Waals surface area contributed by atoms with Gasteiger partial charge in [-0.1, -0.05) is 24.4 Å². The van der Waals surface area contributed by atoms with E-state index in [1.54, 1.807) is 12.1 Å². The maximum Gasteiger partial charge on any atom is 1.00 e. The van der Waals surface area contributed by atoms with Gasteiger partial charge in [0.15, 0.2) is 0 Å². The van der Waals surface area contributed by atoms with E-state index in [0.717, 1.165) is 16.2 Å². The molecule has 0 fully saturated rings. The summed E-state index contributed by atoms with van der Waals surface area (Å²) in [5.74, 6) is -0.366. The van der Waals surface area contributed by atoms with Gasteiger partial charge in [0.1, 0.15) is 5.75 Å². The number of rotatable bonds is 2. The Hall–Kier alpha value is -0.240. The van der Waals surface area contributed by atoms with Crippen molar-refractivity contribution in [3.8, 4) is 0 Å². The van der Waals surface area contributed by atoms with E-state index < -0.39 is 10.1 Å². The van der Waals surface area contributed by atoms with Crippen molar-refractivity contribution in [2.45, 2.75) is 12.2 Å². The van der Waals surface area contributed by atoms with Crippen LogP contribution in [-0.4, -0.2) is 18.0 Å². The fraction of sp³-hybridized carbons (Fsp3) is 0.200. The Morgan fingerprint density at radius 2 is 2.06 bits per heavy atom. The predicted octanol–water partition coefficient (Wildman–Crippen LogP) is 1.82. The summed E-state index contributed by atoms with van der Waals surface area (Å²) >= 11 is 5.00. The van der Waals surface area contributed by atoms with Crippen molar-refractivity contribution >= 4 is 33.0 Å². The van der Waals surface area contributed by atoms with Gasteiger partial charge in [-0.2, -0.15) is 8.42 Å². The number of anilines is 1. The molecule has 0 bridgehead atoms. The van der Waals surface area contributed by atoms with Crippen LogP contribution in [0.15, 0.2) is 18.2 Å². The number of fused-ring (bicyclic) bond motifs is 1. The Kier molecular flexibility index (Phi) is 6.00. The van der Waals surface area contributed by atoms with Crippen LogP contribution in [0.5, 0.6) is 0 Å². The second kappa shape index (κ2) is 6.08. The molecule has 0 saturated carbocycles. The van der Waals surface area contributed by atoms with E-state index in [2.05, 4.69) is 5.32 Å². The van der Waals surface area contributed by atoms with Crippen molar-refractivity contribution in [3.05, 3.63) is 36.8 Å². The van der Waals surface area contributed by atoms with Gasteiger partial charge in [0, 0.05) is 12.1 Å². The molecule has 0 saturated heterocycles. The van der Waals surface area contributed by atoms with Crippen LogP contribution >= 0.6 is 12.2 Å². The Morgan fingerprint density at radius 3 is 2.65 bits per heavy atom. The molecule has 1 aromatic carbocycles. The van der Waals surface area contributed by atoms with Crippen LogP contribution in [0.3, 0.4) is 0 Å². The first-order valence-electron chi connectivity index (χ1n) is 4.31. The van der Waals surface area contributed by atoms with Gasteiger partial charge in [-0.15, -0.1) is 0 Å². The molecule has 7 heteroatoms. The molecule has 1 aliphatic rings. The smallest absolute Gasteiger partial charge is 0.358 e. The second-order valence-electron chi connectivity index (χ2n) is 3.44. The normalized spacial score (nSPS) is 13.1. The third-order valence-corrected chi connectivity index (χ3v) is 3.09. The van der Waals surface area contributed by atoms with E-state index in [4.69, 9.17) is 16.8 Å². The van der Waals surface area contributed by atoms with Crippen molar-refractivity contribution in [2.75, 3.05) is 5.32 Å². The minimum Gasteiger partial charge on any atom is -0.358 e. The maximum absolute atomic E-state index is 10.7. The Morgan fingerprint density at radius 1 is 1.41 bits per heavy atom. The first kappa shape index (κ1) is 16.8. The Balaban J connectivity index is 0.00000128. The molecule has 0 unspecified atom stereocenters. The van der Waals surface area contributed by atoms with Crippen LogP contribution < -0.4 is 5.32 Å². The summed E-state index contributed by atoms with van der Waals surface area (Å²) in [6, 6.07) is 5.20. The molecule has 0 amide bonds. The van der Waals surface area contributed by atoms with E-state index >= 15 is 0 Å². The fourth-order valence-corrected chi connectivity index (χ4v) is 2.43. The molecule has 0 spiro atoms. The van der Waals surface area contributed by atoms with Crippen LogP contribution in [0.1, 0.15) is 11.1 Å². The van der Waals surface area contributed by atoms with Gasteiger partial charge in [-0.05, 0) is 17.2 Å². The molecule has 0 atom stereocenters. The monoisotopic (exact) mass is 365 g/mol. The standard InChI is InChI=1S/C9H9NO3S2.CH3.Ag/c11-15(12,13)5-6-1-2-7-4-9(14)10-8(7)3-6;;/h1-3H,4-5H2,(H,10,14)(H,11,12,13);1H3;/q;-1;+1. The number of thiocarbonyl (C=S) groups is 1. The quantitative estimate of drug-likeness (QED) is 0.362. The van der Waals surface area contributed by atoms with Gasteiger partial charge in [-0.25, -0.2) is 0 Å². The summed E-state index contributed by atoms with van der Waals surface area (Å²) in [6.07, 6.45) is 0.691. The van der Waals surface area contributed by atoms with Crippen molar-refractivity contribution in [3.63, 3.8) is 0 Å². The summed E-state index contributed by atoms with van der Waals surface area (Å²) < 4.78 is 30.0. The molecule has 0 aliphatic carbocycles. The predicted molar refractivity (Wildman–Crippen MR) is 68.0 cm³/mol. The molecule has 0 aromatic heterocycles. The minimum atomic E-state index is -3.97. The largest absolute Gasteiger partial charge is 1.00 e. The van der Waals surface area contributed by atoms with Crippen LogP contribution in [0.4, 0.5) is 5.69 Å². The zero-order valence-corrected chi connectivity index (χ0v) is 12.1. The molecule has 0 radical (unpaired) electrons. The SMILES string of the molecule is O=S(=O)(O)Cc1ccc2c(c1)NC(=S)C2.[Ag+].[CH3-]. The average Bonchev–Trinajstić information content (AvgIpc) is 2.40. The molecule has 2 rings (SSSR count).